The summed E-state index contributed by atoms with van der Waals surface area (Å²) in [5.41, 5.74) is 3.87. The monoisotopic (exact) mass is 418 g/mol. The maximum Gasteiger partial charge on any atom is 0.243 e. The highest BCUT2D eigenvalue weighted by Crippen LogP contribution is 2.31. The summed E-state index contributed by atoms with van der Waals surface area (Å²) < 4.78 is 41.4. The molecule has 1 amide bonds. The number of piperidine rings is 1. The number of carbonyl (C=O) groups excluding carboxylic acids is 1. The summed E-state index contributed by atoms with van der Waals surface area (Å²) in [4.78, 5) is 12.9. The molecule has 0 bridgehead atoms. The smallest absolute Gasteiger partial charge is 0.243 e. The van der Waals surface area contributed by atoms with Crippen molar-refractivity contribution in [3.63, 3.8) is 0 Å². The van der Waals surface area contributed by atoms with Crippen LogP contribution in [0, 0.1) is 39.4 Å². The molecule has 156 valence electrons. The third-order valence-electron chi connectivity index (χ3n) is 5.81. The van der Waals surface area contributed by atoms with Gasteiger partial charge in [0.1, 0.15) is 5.82 Å². The standard InChI is InChI=1S/C22H27FN2O3S/c1-14-12-15(2)17(4)21(16(14)3)29(27,28)25-10-8-18(9-11-25)22(26)24-20-7-5-6-19(23)13-20/h5-7,12-13,18H,8-11H2,1-4H3,(H,24,26). The second-order valence-electron chi connectivity index (χ2n) is 7.77. The lowest BCUT2D eigenvalue weighted by atomic mass is 9.97. The highest BCUT2D eigenvalue weighted by molar-refractivity contribution is 7.89. The molecule has 3 rings (SSSR count). The number of benzene rings is 2. The lowest BCUT2D eigenvalue weighted by molar-refractivity contribution is -0.120. The topological polar surface area (TPSA) is 66.5 Å². The fraction of sp³-hybridized carbons (Fsp3) is 0.409. The molecule has 0 unspecified atom stereocenters. The predicted molar refractivity (Wildman–Crippen MR) is 112 cm³/mol. The Kier molecular flexibility index (Phi) is 6.10. The molecule has 1 heterocycles. The van der Waals surface area contributed by atoms with Crippen molar-refractivity contribution >= 4 is 21.6 Å². The fourth-order valence-corrected chi connectivity index (χ4v) is 5.91. The van der Waals surface area contributed by atoms with E-state index in [2.05, 4.69) is 5.32 Å². The molecule has 1 aliphatic rings. The lowest BCUT2D eigenvalue weighted by Gasteiger charge is -2.31. The van der Waals surface area contributed by atoms with Gasteiger partial charge in [-0.3, -0.25) is 4.79 Å². The number of amides is 1. The first-order chi connectivity index (χ1) is 13.6. The third-order valence-corrected chi connectivity index (χ3v) is 7.99. The summed E-state index contributed by atoms with van der Waals surface area (Å²) in [6, 6.07) is 7.76. The van der Waals surface area contributed by atoms with E-state index in [4.69, 9.17) is 0 Å². The van der Waals surface area contributed by atoms with E-state index < -0.39 is 15.8 Å². The molecule has 0 spiro atoms. The zero-order valence-electron chi connectivity index (χ0n) is 17.3. The summed E-state index contributed by atoms with van der Waals surface area (Å²) in [6.45, 7) is 8.10. The van der Waals surface area contributed by atoms with Crippen LogP contribution >= 0.6 is 0 Å². The van der Waals surface area contributed by atoms with Gasteiger partial charge in [-0.05, 0) is 81.0 Å². The molecule has 0 atom stereocenters. The molecule has 1 saturated heterocycles. The number of rotatable bonds is 4. The number of sulfonamides is 1. The van der Waals surface area contributed by atoms with Crippen molar-refractivity contribution in [2.45, 2.75) is 45.4 Å². The van der Waals surface area contributed by atoms with E-state index in [0.29, 0.717) is 23.4 Å². The number of carbonyl (C=O) groups is 1. The SMILES string of the molecule is Cc1cc(C)c(C)c(S(=O)(=O)N2CCC(C(=O)Nc3cccc(F)c3)CC2)c1C. The van der Waals surface area contributed by atoms with Gasteiger partial charge in [-0.25, -0.2) is 12.8 Å². The number of nitrogens with zero attached hydrogens (tertiary/aromatic N) is 1. The summed E-state index contributed by atoms with van der Waals surface area (Å²) in [7, 11) is -3.63. The van der Waals surface area contributed by atoms with Crippen LogP contribution in [-0.2, 0) is 14.8 Å². The molecule has 2 aromatic carbocycles. The molecular weight excluding hydrogens is 391 g/mol. The molecule has 0 aliphatic carbocycles. The number of hydrogen-bond acceptors (Lipinski definition) is 3. The van der Waals surface area contributed by atoms with Crippen molar-refractivity contribution in [1.82, 2.24) is 4.31 Å². The van der Waals surface area contributed by atoms with Gasteiger partial charge in [-0.2, -0.15) is 4.31 Å². The van der Waals surface area contributed by atoms with Crippen LogP contribution in [-0.4, -0.2) is 31.7 Å². The highest BCUT2D eigenvalue weighted by Gasteiger charge is 2.34. The van der Waals surface area contributed by atoms with E-state index in [0.717, 1.165) is 22.3 Å². The first kappa shape index (κ1) is 21.5. The summed E-state index contributed by atoms with van der Waals surface area (Å²) in [5, 5.41) is 2.72. The van der Waals surface area contributed by atoms with Crippen LogP contribution in [0.5, 0.6) is 0 Å². The Bertz CT molecular complexity index is 1020. The fourth-order valence-electron chi connectivity index (χ4n) is 3.87. The average molecular weight is 419 g/mol. The molecule has 1 N–H and O–H groups in total. The first-order valence-corrected chi connectivity index (χ1v) is 11.2. The van der Waals surface area contributed by atoms with Crippen LogP contribution in [0.25, 0.3) is 0 Å². The van der Waals surface area contributed by atoms with Crippen molar-refractivity contribution in [1.29, 1.82) is 0 Å². The first-order valence-electron chi connectivity index (χ1n) is 9.75. The van der Waals surface area contributed by atoms with Crippen molar-refractivity contribution in [2.75, 3.05) is 18.4 Å². The van der Waals surface area contributed by atoms with Crippen LogP contribution in [0.3, 0.4) is 0 Å². The number of hydrogen-bond donors (Lipinski definition) is 1. The summed E-state index contributed by atoms with van der Waals surface area (Å²) >= 11 is 0. The largest absolute Gasteiger partial charge is 0.326 e. The Morgan fingerprint density at radius 3 is 2.17 bits per heavy atom. The molecule has 2 aromatic rings. The van der Waals surface area contributed by atoms with Crippen molar-refractivity contribution in [3.05, 3.63) is 58.4 Å². The van der Waals surface area contributed by atoms with Gasteiger partial charge in [0, 0.05) is 24.7 Å². The minimum absolute atomic E-state index is 0.202. The second kappa shape index (κ2) is 8.24. The van der Waals surface area contributed by atoms with E-state index in [9.17, 15) is 17.6 Å². The minimum Gasteiger partial charge on any atom is -0.326 e. The van der Waals surface area contributed by atoms with Gasteiger partial charge in [-0.15, -0.1) is 0 Å². The van der Waals surface area contributed by atoms with Crippen LogP contribution < -0.4 is 5.32 Å². The predicted octanol–water partition coefficient (Wildman–Crippen LogP) is 4.10. The highest BCUT2D eigenvalue weighted by atomic mass is 32.2. The molecule has 0 saturated carbocycles. The zero-order valence-corrected chi connectivity index (χ0v) is 18.1. The molecule has 0 radical (unpaired) electrons. The van der Waals surface area contributed by atoms with Crippen LogP contribution in [0.2, 0.25) is 0 Å². The van der Waals surface area contributed by atoms with Gasteiger partial charge in [-0.1, -0.05) is 12.1 Å². The number of anilines is 1. The second-order valence-corrected chi connectivity index (χ2v) is 9.64. The van der Waals surface area contributed by atoms with E-state index in [1.54, 1.807) is 6.07 Å². The van der Waals surface area contributed by atoms with Crippen molar-refractivity contribution in [2.24, 2.45) is 5.92 Å². The number of aryl methyl sites for hydroxylation is 2. The Labute approximate surface area is 172 Å². The lowest BCUT2D eigenvalue weighted by Crippen LogP contribution is -2.41. The summed E-state index contributed by atoms with van der Waals surface area (Å²) in [6.07, 6.45) is 0.868. The van der Waals surface area contributed by atoms with E-state index in [1.165, 1.54) is 22.5 Å². The molecule has 5 nitrogen and oxygen atoms in total. The molecule has 1 aliphatic heterocycles. The van der Waals surface area contributed by atoms with Crippen LogP contribution in [0.4, 0.5) is 10.1 Å². The van der Waals surface area contributed by atoms with Crippen molar-refractivity contribution < 1.29 is 17.6 Å². The average Bonchev–Trinajstić information content (AvgIpc) is 2.66. The Morgan fingerprint density at radius 1 is 1.03 bits per heavy atom. The van der Waals surface area contributed by atoms with E-state index in [1.807, 2.05) is 33.8 Å². The van der Waals surface area contributed by atoms with Crippen molar-refractivity contribution in [3.8, 4) is 0 Å². The van der Waals surface area contributed by atoms with Gasteiger partial charge < -0.3 is 5.32 Å². The van der Waals surface area contributed by atoms with E-state index >= 15 is 0 Å². The Morgan fingerprint density at radius 2 is 1.62 bits per heavy atom. The molecule has 29 heavy (non-hydrogen) atoms. The van der Waals surface area contributed by atoms with Gasteiger partial charge in [0.2, 0.25) is 15.9 Å². The normalized spacial score (nSPS) is 16.0. The maximum atomic E-state index is 13.3. The molecular formula is C22H27FN2O3S. The minimum atomic E-state index is -3.63. The van der Waals surface area contributed by atoms with Gasteiger partial charge in [0.15, 0.2) is 0 Å². The zero-order chi connectivity index (χ0) is 21.3. The van der Waals surface area contributed by atoms with Crippen LogP contribution in [0.1, 0.15) is 35.1 Å². The van der Waals surface area contributed by atoms with Crippen LogP contribution in [0.15, 0.2) is 35.2 Å². The number of halogens is 1. The maximum absolute atomic E-state index is 13.3. The van der Waals surface area contributed by atoms with E-state index in [-0.39, 0.29) is 24.9 Å². The number of nitrogens with one attached hydrogen (secondary N) is 1. The third kappa shape index (κ3) is 4.36. The molecule has 1 fully saturated rings. The summed E-state index contributed by atoms with van der Waals surface area (Å²) in [5.74, 6) is -0.916. The molecule has 0 aromatic heterocycles. The van der Waals surface area contributed by atoms with Gasteiger partial charge in [0.25, 0.3) is 0 Å². The van der Waals surface area contributed by atoms with Gasteiger partial charge in [0.05, 0.1) is 4.90 Å². The Balaban J connectivity index is 1.73. The molecule has 7 heteroatoms. The quantitative estimate of drug-likeness (QED) is 0.813. The van der Waals surface area contributed by atoms with Gasteiger partial charge >= 0.3 is 0 Å². The Hall–Kier alpha value is -2.25.